The van der Waals surface area contributed by atoms with Gasteiger partial charge in [0.15, 0.2) is 12.5 Å². The molecule has 38 heavy (non-hydrogen) atoms. The number of rotatable bonds is 8. The van der Waals surface area contributed by atoms with Gasteiger partial charge in [-0.1, -0.05) is 0 Å². The molecule has 0 spiro atoms. The predicted octanol–water partition coefficient (Wildman–Crippen LogP) is 5.17. The highest BCUT2D eigenvalue weighted by Crippen LogP contribution is 2.32. The molecule has 6 rings (SSSR count). The summed E-state index contributed by atoms with van der Waals surface area (Å²) in [5.41, 5.74) is 4.26. The molecule has 0 N–H and O–H groups in total. The van der Waals surface area contributed by atoms with E-state index in [1.807, 2.05) is 67.1 Å². The van der Waals surface area contributed by atoms with Crippen LogP contribution < -0.4 is 9.47 Å². The van der Waals surface area contributed by atoms with Crippen LogP contribution >= 0.6 is 11.6 Å². The summed E-state index contributed by atoms with van der Waals surface area (Å²) >= 11 is 5.82. The van der Waals surface area contributed by atoms with Gasteiger partial charge in [-0.15, -0.1) is 0 Å². The Labute approximate surface area is 223 Å². The largest absolute Gasteiger partial charge is 0.494 e. The first kappa shape index (κ1) is 23.7. The fourth-order valence-corrected chi connectivity index (χ4v) is 4.40. The molecule has 0 saturated heterocycles. The van der Waals surface area contributed by atoms with Gasteiger partial charge in [-0.3, -0.25) is 0 Å². The summed E-state index contributed by atoms with van der Waals surface area (Å²) in [7, 11) is 3.26. The number of benzene rings is 2. The number of oxazole rings is 1. The molecule has 1 aliphatic heterocycles. The third kappa shape index (κ3) is 4.57. The quantitative estimate of drug-likeness (QED) is 0.271. The zero-order chi connectivity index (χ0) is 26.1. The normalized spacial score (nSPS) is 12.9. The van der Waals surface area contributed by atoms with Gasteiger partial charge in [0.2, 0.25) is 0 Å². The molecule has 0 radical (unpaired) electrons. The van der Waals surface area contributed by atoms with Crippen molar-refractivity contribution in [3.8, 4) is 34.2 Å². The van der Waals surface area contributed by atoms with Gasteiger partial charge in [-0.05, 0) is 60.1 Å². The fraction of sp³-hybridized carbons (Fsp3) is 0.148. The monoisotopic (exact) mass is 530 g/mol. The molecule has 192 valence electrons. The van der Waals surface area contributed by atoms with Crippen molar-refractivity contribution in [2.24, 2.45) is 0 Å². The van der Waals surface area contributed by atoms with E-state index in [-0.39, 0.29) is 5.35 Å². The summed E-state index contributed by atoms with van der Waals surface area (Å²) in [6, 6.07) is 15.4. The molecule has 0 atom stereocenters. The fourth-order valence-electron chi connectivity index (χ4n) is 4.27. The number of methoxy groups -OCH3 is 2. The van der Waals surface area contributed by atoms with Gasteiger partial charge in [0.25, 0.3) is 5.35 Å². The molecule has 2 aromatic carbocycles. The number of nitrogens with zero attached hydrogens (tertiary/aromatic N) is 6. The lowest BCUT2D eigenvalue weighted by Crippen LogP contribution is -2.15. The molecule has 11 heteroatoms. The van der Waals surface area contributed by atoms with E-state index in [1.165, 1.54) is 0 Å². The van der Waals surface area contributed by atoms with Crippen LogP contribution in [0.4, 0.5) is 0 Å². The Hall–Kier alpha value is -4.70. The summed E-state index contributed by atoms with van der Waals surface area (Å²) < 4.78 is 26.1. The molecule has 3 aromatic heterocycles. The maximum atomic E-state index is 5.97. The van der Waals surface area contributed by atoms with E-state index in [0.29, 0.717) is 30.5 Å². The Bertz CT molecular complexity index is 1610. The Balaban J connectivity index is 1.18. The number of hydrogen-bond acceptors (Lipinski definition) is 8. The van der Waals surface area contributed by atoms with Crippen molar-refractivity contribution < 1.29 is 18.6 Å². The second-order valence-electron chi connectivity index (χ2n) is 8.47. The van der Waals surface area contributed by atoms with Gasteiger partial charge in [0.1, 0.15) is 28.6 Å². The minimum atomic E-state index is 0.0910. The Kier molecular flexibility index (Phi) is 6.22. The molecular weight excluding hydrogens is 508 g/mol. The number of halogens is 1. The predicted molar refractivity (Wildman–Crippen MR) is 140 cm³/mol. The van der Waals surface area contributed by atoms with E-state index in [9.17, 15) is 0 Å². The van der Waals surface area contributed by atoms with E-state index in [1.54, 1.807) is 36.0 Å². The number of ether oxygens (including phenoxy) is 3. The van der Waals surface area contributed by atoms with Crippen molar-refractivity contribution in [2.75, 3.05) is 21.0 Å². The first-order chi connectivity index (χ1) is 18.6. The van der Waals surface area contributed by atoms with E-state index in [4.69, 9.17) is 35.3 Å². The minimum absolute atomic E-state index is 0.0910. The molecular formula is C27H23ClN6O4. The van der Waals surface area contributed by atoms with Gasteiger partial charge in [0.05, 0.1) is 32.7 Å². The molecule has 0 saturated carbocycles. The van der Waals surface area contributed by atoms with Crippen molar-refractivity contribution in [3.63, 3.8) is 0 Å². The maximum absolute atomic E-state index is 5.97. The van der Waals surface area contributed by atoms with Gasteiger partial charge in [0, 0.05) is 35.9 Å². The molecule has 10 nitrogen and oxygen atoms in total. The van der Waals surface area contributed by atoms with Crippen molar-refractivity contribution in [3.05, 3.63) is 96.1 Å². The maximum Gasteiger partial charge on any atom is 0.292 e. The standard InChI is InChI=1S/C27H23ClN6O4/c1-35-23-13-19(5-6-21(23)33-10-3-9-30-33)26-16-32(17-37-26)15-20-8-11-34(31-20)22-7-4-18(12-24(22)36-2)25-14-29-27(28)38-25/h3-14,16H,15,17H2,1-2H3. The number of aromatic nitrogens is 5. The van der Waals surface area contributed by atoms with Crippen LogP contribution in [0.15, 0.2) is 83.9 Å². The number of hydrogen-bond donors (Lipinski definition) is 0. The van der Waals surface area contributed by atoms with Gasteiger partial charge < -0.3 is 23.5 Å². The van der Waals surface area contributed by atoms with Crippen LogP contribution in [0.3, 0.4) is 0 Å². The first-order valence-electron chi connectivity index (χ1n) is 11.7. The van der Waals surface area contributed by atoms with Crippen LogP contribution in [0.5, 0.6) is 11.5 Å². The molecule has 0 fully saturated rings. The lowest BCUT2D eigenvalue weighted by Gasteiger charge is -2.12. The SMILES string of the molecule is COc1cc(C2=CN(Cc3ccn(-c4ccc(-c5cnc(Cl)o5)cc4OC)n3)CO2)ccc1-n1cccn1. The first-order valence-corrected chi connectivity index (χ1v) is 12.1. The molecule has 1 aliphatic rings. The van der Waals surface area contributed by atoms with Crippen LogP contribution in [-0.2, 0) is 11.3 Å². The Morgan fingerprint density at radius 2 is 1.71 bits per heavy atom. The lowest BCUT2D eigenvalue weighted by atomic mass is 10.1. The molecule has 0 amide bonds. The third-order valence-electron chi connectivity index (χ3n) is 6.10. The molecule has 0 unspecified atom stereocenters. The van der Waals surface area contributed by atoms with E-state index in [2.05, 4.69) is 15.0 Å². The third-order valence-corrected chi connectivity index (χ3v) is 6.27. The smallest absolute Gasteiger partial charge is 0.292 e. The van der Waals surface area contributed by atoms with E-state index >= 15 is 0 Å². The highest BCUT2D eigenvalue weighted by molar-refractivity contribution is 6.27. The Morgan fingerprint density at radius 1 is 0.947 bits per heavy atom. The van der Waals surface area contributed by atoms with Gasteiger partial charge in [-0.2, -0.15) is 10.2 Å². The average molecular weight is 531 g/mol. The van der Waals surface area contributed by atoms with Crippen molar-refractivity contribution in [1.82, 2.24) is 29.4 Å². The van der Waals surface area contributed by atoms with Crippen LogP contribution in [0.1, 0.15) is 11.3 Å². The zero-order valence-corrected chi connectivity index (χ0v) is 21.4. The van der Waals surface area contributed by atoms with Gasteiger partial charge in [-0.25, -0.2) is 14.3 Å². The summed E-state index contributed by atoms with van der Waals surface area (Å²) in [6.07, 6.45) is 9.07. The summed E-state index contributed by atoms with van der Waals surface area (Å²) in [5, 5.41) is 9.13. The summed E-state index contributed by atoms with van der Waals surface area (Å²) in [5.74, 6) is 2.67. The lowest BCUT2D eigenvalue weighted by molar-refractivity contribution is 0.178. The van der Waals surface area contributed by atoms with Crippen molar-refractivity contribution in [2.45, 2.75) is 6.54 Å². The van der Waals surface area contributed by atoms with Crippen LogP contribution in [0, 0.1) is 0 Å². The van der Waals surface area contributed by atoms with Crippen LogP contribution in [0.25, 0.3) is 28.5 Å². The molecule has 0 aliphatic carbocycles. The molecule has 0 bridgehead atoms. The Morgan fingerprint density at radius 3 is 2.42 bits per heavy atom. The topological polar surface area (TPSA) is 92.6 Å². The highest BCUT2D eigenvalue weighted by atomic mass is 35.5. The average Bonchev–Trinajstić information content (AvgIpc) is 3.76. The van der Waals surface area contributed by atoms with Crippen LogP contribution in [-0.4, -0.2) is 50.4 Å². The molecule has 5 aromatic rings. The van der Waals surface area contributed by atoms with E-state index < -0.39 is 0 Å². The summed E-state index contributed by atoms with van der Waals surface area (Å²) in [4.78, 5) is 6.00. The second kappa shape index (κ2) is 9.98. The molecule has 4 heterocycles. The van der Waals surface area contributed by atoms with Crippen molar-refractivity contribution >= 4 is 17.4 Å². The van der Waals surface area contributed by atoms with E-state index in [0.717, 1.165) is 34.0 Å². The zero-order valence-electron chi connectivity index (χ0n) is 20.6. The van der Waals surface area contributed by atoms with Crippen molar-refractivity contribution in [1.29, 1.82) is 0 Å². The minimum Gasteiger partial charge on any atom is -0.494 e. The summed E-state index contributed by atoms with van der Waals surface area (Å²) in [6.45, 7) is 0.999. The highest BCUT2D eigenvalue weighted by Gasteiger charge is 2.19. The van der Waals surface area contributed by atoms with Crippen LogP contribution in [0.2, 0.25) is 5.35 Å². The second-order valence-corrected chi connectivity index (χ2v) is 8.79. The van der Waals surface area contributed by atoms with Gasteiger partial charge >= 0.3 is 0 Å².